The monoisotopic (exact) mass is 417 g/mol. The number of carbonyl (C=O) groups is 2. The van der Waals surface area contributed by atoms with Gasteiger partial charge in [0.25, 0.3) is 5.91 Å². The van der Waals surface area contributed by atoms with E-state index in [0.717, 1.165) is 16.8 Å². The van der Waals surface area contributed by atoms with Crippen LogP contribution in [0.15, 0.2) is 72.9 Å². The molecule has 6 heteroatoms. The molecule has 2 amide bonds. The molecule has 2 atom stereocenters. The maximum Gasteiger partial charge on any atom is 0.253 e. The number of rotatable bonds is 5. The van der Waals surface area contributed by atoms with E-state index < -0.39 is 5.92 Å². The summed E-state index contributed by atoms with van der Waals surface area (Å²) in [6, 6.07) is 19.2. The van der Waals surface area contributed by atoms with Gasteiger partial charge in [-0.25, -0.2) is 4.39 Å². The van der Waals surface area contributed by atoms with E-state index in [2.05, 4.69) is 10.3 Å². The van der Waals surface area contributed by atoms with Crippen LogP contribution in [0.25, 0.3) is 0 Å². The van der Waals surface area contributed by atoms with Crippen LogP contribution < -0.4 is 5.32 Å². The molecule has 3 aromatic rings. The zero-order valence-corrected chi connectivity index (χ0v) is 17.3. The van der Waals surface area contributed by atoms with Gasteiger partial charge in [0.15, 0.2) is 0 Å². The first kappa shape index (κ1) is 20.7. The summed E-state index contributed by atoms with van der Waals surface area (Å²) in [7, 11) is 0. The highest BCUT2D eigenvalue weighted by molar-refractivity contribution is 5.95. The molecule has 5 nitrogen and oxygen atoms in total. The lowest BCUT2D eigenvalue weighted by Gasteiger charge is -2.18. The van der Waals surface area contributed by atoms with Crippen LogP contribution in [0.3, 0.4) is 0 Å². The van der Waals surface area contributed by atoms with Crippen LogP contribution >= 0.6 is 0 Å². The first-order chi connectivity index (χ1) is 15.0. The Morgan fingerprint density at radius 3 is 2.58 bits per heavy atom. The number of hydrogen-bond donors (Lipinski definition) is 1. The predicted molar refractivity (Wildman–Crippen MR) is 116 cm³/mol. The minimum atomic E-state index is -0.472. The molecule has 0 aliphatic carbocycles. The van der Waals surface area contributed by atoms with Gasteiger partial charge in [-0.1, -0.05) is 35.9 Å². The van der Waals surface area contributed by atoms with Crippen LogP contribution in [0.5, 0.6) is 0 Å². The van der Waals surface area contributed by atoms with Gasteiger partial charge < -0.3 is 10.2 Å². The zero-order chi connectivity index (χ0) is 21.8. The van der Waals surface area contributed by atoms with E-state index in [1.54, 1.807) is 29.3 Å². The van der Waals surface area contributed by atoms with Crippen molar-refractivity contribution >= 4 is 11.8 Å². The Morgan fingerprint density at radius 1 is 1.06 bits per heavy atom. The molecule has 2 aromatic carbocycles. The highest BCUT2D eigenvalue weighted by Crippen LogP contribution is 2.34. The van der Waals surface area contributed by atoms with Gasteiger partial charge >= 0.3 is 0 Å². The van der Waals surface area contributed by atoms with E-state index in [1.165, 1.54) is 12.1 Å². The van der Waals surface area contributed by atoms with Crippen LogP contribution in [-0.2, 0) is 11.3 Å². The number of aryl methyl sites for hydroxylation is 1. The molecule has 1 aliphatic rings. The molecule has 0 saturated carbocycles. The van der Waals surface area contributed by atoms with E-state index in [-0.39, 0.29) is 30.1 Å². The molecule has 1 fully saturated rings. The molecule has 31 heavy (non-hydrogen) atoms. The summed E-state index contributed by atoms with van der Waals surface area (Å²) in [5.74, 6) is -1.40. The van der Waals surface area contributed by atoms with Gasteiger partial charge in [0, 0.05) is 30.8 Å². The molecule has 1 N–H and O–H groups in total. The summed E-state index contributed by atoms with van der Waals surface area (Å²) in [5.41, 5.74) is 3.13. The van der Waals surface area contributed by atoms with Gasteiger partial charge in [0.05, 0.1) is 18.2 Å². The van der Waals surface area contributed by atoms with Crippen LogP contribution in [-0.4, -0.2) is 34.8 Å². The van der Waals surface area contributed by atoms with Gasteiger partial charge in [-0.15, -0.1) is 0 Å². The van der Waals surface area contributed by atoms with E-state index in [1.807, 2.05) is 43.3 Å². The fourth-order valence-electron chi connectivity index (χ4n) is 4.00. The van der Waals surface area contributed by atoms with Crippen molar-refractivity contribution < 1.29 is 14.0 Å². The number of amides is 2. The number of benzene rings is 2. The van der Waals surface area contributed by atoms with Gasteiger partial charge in [-0.05, 0) is 48.9 Å². The molecule has 0 spiro atoms. The van der Waals surface area contributed by atoms with Crippen molar-refractivity contribution in [1.82, 2.24) is 15.2 Å². The molecule has 0 bridgehead atoms. The predicted octanol–water partition coefficient (Wildman–Crippen LogP) is 3.70. The number of pyridine rings is 1. The molecule has 2 heterocycles. The number of halogens is 1. The van der Waals surface area contributed by atoms with Gasteiger partial charge in [0.2, 0.25) is 5.91 Å². The SMILES string of the molecule is Cc1ccc(C(=O)N2C[C@H](c3cccc(F)c3)[C@H](C(=O)NCc3ccccn3)C2)cc1. The van der Waals surface area contributed by atoms with Crippen molar-refractivity contribution in [3.05, 3.63) is 101 Å². The average molecular weight is 417 g/mol. The maximum absolute atomic E-state index is 13.9. The van der Waals surface area contributed by atoms with Crippen LogP contribution in [0.2, 0.25) is 0 Å². The first-order valence-corrected chi connectivity index (χ1v) is 10.3. The largest absolute Gasteiger partial charge is 0.350 e. The van der Waals surface area contributed by atoms with Crippen molar-refractivity contribution in [3.8, 4) is 0 Å². The molecule has 1 aliphatic heterocycles. The topological polar surface area (TPSA) is 62.3 Å². The lowest BCUT2D eigenvalue weighted by molar-refractivity contribution is -0.125. The Bertz CT molecular complexity index is 1070. The third kappa shape index (κ3) is 4.79. The molecule has 4 rings (SSSR count). The Labute approximate surface area is 180 Å². The number of nitrogens with zero attached hydrogens (tertiary/aromatic N) is 2. The summed E-state index contributed by atoms with van der Waals surface area (Å²) in [4.78, 5) is 32.0. The zero-order valence-electron chi connectivity index (χ0n) is 17.3. The summed E-state index contributed by atoms with van der Waals surface area (Å²) in [6.45, 7) is 2.91. The molecule has 0 unspecified atom stereocenters. The number of carbonyl (C=O) groups excluding carboxylic acids is 2. The average Bonchev–Trinajstić information content (AvgIpc) is 3.24. The van der Waals surface area contributed by atoms with Crippen molar-refractivity contribution in [2.75, 3.05) is 13.1 Å². The molecule has 1 saturated heterocycles. The highest BCUT2D eigenvalue weighted by Gasteiger charge is 2.40. The number of aromatic nitrogens is 1. The molecule has 1 aromatic heterocycles. The fraction of sp³-hybridized carbons (Fsp3) is 0.240. The van der Waals surface area contributed by atoms with E-state index in [9.17, 15) is 14.0 Å². The molecular weight excluding hydrogens is 393 g/mol. The van der Waals surface area contributed by atoms with E-state index in [4.69, 9.17) is 0 Å². The normalized spacial score (nSPS) is 18.1. The Kier molecular flexibility index (Phi) is 6.07. The highest BCUT2D eigenvalue weighted by atomic mass is 19.1. The van der Waals surface area contributed by atoms with Gasteiger partial charge in [-0.3, -0.25) is 14.6 Å². The van der Waals surface area contributed by atoms with Gasteiger partial charge in [-0.2, -0.15) is 0 Å². The lowest BCUT2D eigenvalue weighted by Crippen LogP contribution is -2.35. The standard InChI is InChI=1S/C25H24FN3O2/c1-17-8-10-18(11-9-17)25(31)29-15-22(19-5-4-6-20(26)13-19)23(16-29)24(30)28-14-21-7-2-3-12-27-21/h2-13,22-23H,14-16H2,1H3,(H,28,30)/t22-,23-/m1/s1. The van der Waals surface area contributed by atoms with Crippen LogP contribution in [0.1, 0.15) is 33.1 Å². The summed E-state index contributed by atoms with van der Waals surface area (Å²) in [5, 5.41) is 2.93. The Hall–Kier alpha value is -3.54. The van der Waals surface area contributed by atoms with Crippen LogP contribution in [0, 0.1) is 18.7 Å². The fourth-order valence-corrected chi connectivity index (χ4v) is 4.00. The first-order valence-electron chi connectivity index (χ1n) is 10.3. The van der Waals surface area contributed by atoms with Crippen molar-refractivity contribution in [3.63, 3.8) is 0 Å². The van der Waals surface area contributed by atoms with Crippen LogP contribution in [0.4, 0.5) is 4.39 Å². The summed E-state index contributed by atoms with van der Waals surface area (Å²) >= 11 is 0. The Morgan fingerprint density at radius 2 is 1.87 bits per heavy atom. The van der Waals surface area contributed by atoms with E-state index >= 15 is 0 Å². The van der Waals surface area contributed by atoms with E-state index in [0.29, 0.717) is 18.7 Å². The minimum absolute atomic E-state index is 0.124. The third-order valence-electron chi connectivity index (χ3n) is 5.69. The van der Waals surface area contributed by atoms with Crippen molar-refractivity contribution in [2.45, 2.75) is 19.4 Å². The second kappa shape index (κ2) is 9.08. The quantitative estimate of drug-likeness (QED) is 0.689. The number of nitrogens with one attached hydrogen (secondary N) is 1. The number of hydrogen-bond acceptors (Lipinski definition) is 3. The van der Waals surface area contributed by atoms with Crippen molar-refractivity contribution in [1.29, 1.82) is 0 Å². The van der Waals surface area contributed by atoms with Crippen molar-refractivity contribution in [2.24, 2.45) is 5.92 Å². The second-order valence-electron chi connectivity index (χ2n) is 7.88. The smallest absolute Gasteiger partial charge is 0.253 e. The lowest BCUT2D eigenvalue weighted by atomic mass is 9.88. The third-order valence-corrected chi connectivity index (χ3v) is 5.69. The summed E-state index contributed by atoms with van der Waals surface area (Å²) < 4.78 is 13.9. The molecule has 0 radical (unpaired) electrons. The molecular formula is C25H24FN3O2. The van der Waals surface area contributed by atoms with Gasteiger partial charge in [0.1, 0.15) is 5.82 Å². The maximum atomic E-state index is 13.9. The molecule has 158 valence electrons. The number of likely N-dealkylation sites (tertiary alicyclic amines) is 1. The minimum Gasteiger partial charge on any atom is -0.350 e. The Balaban J connectivity index is 1.55. The summed E-state index contributed by atoms with van der Waals surface area (Å²) in [6.07, 6.45) is 1.68. The second-order valence-corrected chi connectivity index (χ2v) is 7.88.